The molecule has 0 aliphatic carbocycles. The largest absolute Gasteiger partial charge is 0.380 e. The van der Waals surface area contributed by atoms with Crippen LogP contribution in [0.2, 0.25) is 5.02 Å². The average molecular weight is 293 g/mol. The van der Waals surface area contributed by atoms with Crippen LogP contribution in [0.4, 0.5) is 5.82 Å². The average Bonchev–Trinajstić information content (AvgIpc) is 2.81. The number of aromatic nitrogens is 1. The van der Waals surface area contributed by atoms with Crippen molar-refractivity contribution in [2.75, 3.05) is 5.73 Å². The number of halogens is 1. The van der Waals surface area contributed by atoms with Gasteiger partial charge < -0.3 is 10.3 Å². The van der Waals surface area contributed by atoms with Crippen molar-refractivity contribution in [1.82, 2.24) is 5.16 Å². The third-order valence-electron chi connectivity index (χ3n) is 3.52. The predicted molar refractivity (Wildman–Crippen MR) is 83.9 cm³/mol. The smallest absolute Gasteiger partial charge is 0.175 e. The Hall–Kier alpha value is -1.48. The van der Waals surface area contributed by atoms with Gasteiger partial charge >= 0.3 is 0 Å². The van der Waals surface area contributed by atoms with Crippen LogP contribution in [0.3, 0.4) is 0 Å². The number of nitrogens with zero attached hydrogens (tertiary/aromatic N) is 1. The van der Waals surface area contributed by atoms with Gasteiger partial charge in [-0.3, -0.25) is 0 Å². The lowest BCUT2D eigenvalue weighted by Gasteiger charge is -2.13. The van der Waals surface area contributed by atoms with Crippen LogP contribution in [0.25, 0.3) is 11.1 Å². The van der Waals surface area contributed by atoms with Crippen LogP contribution in [-0.2, 0) is 0 Å². The fourth-order valence-corrected chi connectivity index (χ4v) is 2.73. The molecule has 1 aromatic carbocycles. The van der Waals surface area contributed by atoms with Gasteiger partial charge in [-0.2, -0.15) is 0 Å². The number of nitrogens with two attached hydrogens (primary N) is 1. The molecule has 0 radical (unpaired) electrons. The van der Waals surface area contributed by atoms with Gasteiger partial charge in [0.25, 0.3) is 0 Å². The molecule has 0 fully saturated rings. The molecule has 4 heteroatoms. The predicted octanol–water partition coefficient (Wildman–Crippen LogP) is 5.26. The second kappa shape index (κ2) is 6.80. The van der Waals surface area contributed by atoms with E-state index >= 15 is 0 Å². The molecule has 1 aromatic heterocycles. The standard InChI is InChI=1S/C16H21ClN2O/c1-3-5-12(6-4-2)15-14(16(18)19-20-15)11-7-9-13(17)10-8-11/h7-10,12H,3-6H2,1-2H3,(H2,18,19). The third kappa shape index (κ3) is 3.15. The summed E-state index contributed by atoms with van der Waals surface area (Å²) in [6.07, 6.45) is 4.41. The number of hydrogen-bond acceptors (Lipinski definition) is 3. The molecule has 0 bridgehead atoms. The first-order valence-corrected chi connectivity index (χ1v) is 7.56. The van der Waals surface area contributed by atoms with E-state index in [4.69, 9.17) is 21.9 Å². The molecule has 2 N–H and O–H groups in total. The van der Waals surface area contributed by atoms with Gasteiger partial charge in [0.15, 0.2) is 5.82 Å². The third-order valence-corrected chi connectivity index (χ3v) is 3.77. The first-order valence-electron chi connectivity index (χ1n) is 7.18. The van der Waals surface area contributed by atoms with E-state index in [0.29, 0.717) is 16.8 Å². The molecule has 0 saturated heterocycles. The van der Waals surface area contributed by atoms with Crippen molar-refractivity contribution < 1.29 is 4.52 Å². The lowest BCUT2D eigenvalue weighted by molar-refractivity contribution is 0.346. The molecule has 0 saturated carbocycles. The van der Waals surface area contributed by atoms with Crippen LogP contribution in [-0.4, -0.2) is 5.16 Å². The molecule has 2 aromatic rings. The summed E-state index contributed by atoms with van der Waals surface area (Å²) in [6, 6.07) is 7.65. The van der Waals surface area contributed by atoms with Crippen molar-refractivity contribution in [3.63, 3.8) is 0 Å². The van der Waals surface area contributed by atoms with Gasteiger partial charge in [0, 0.05) is 10.9 Å². The van der Waals surface area contributed by atoms with Crippen molar-refractivity contribution in [2.24, 2.45) is 0 Å². The van der Waals surface area contributed by atoms with Gasteiger partial charge in [-0.15, -0.1) is 0 Å². The summed E-state index contributed by atoms with van der Waals surface area (Å²) < 4.78 is 5.54. The van der Waals surface area contributed by atoms with Crippen LogP contribution in [0, 0.1) is 0 Å². The second-order valence-corrected chi connectivity index (χ2v) is 5.52. The summed E-state index contributed by atoms with van der Waals surface area (Å²) in [5, 5.41) is 4.68. The molecule has 0 amide bonds. The van der Waals surface area contributed by atoms with Crippen molar-refractivity contribution in [2.45, 2.75) is 45.4 Å². The van der Waals surface area contributed by atoms with E-state index in [1.807, 2.05) is 24.3 Å². The zero-order chi connectivity index (χ0) is 14.5. The SMILES string of the molecule is CCCC(CCC)c1onc(N)c1-c1ccc(Cl)cc1. The Morgan fingerprint density at radius 2 is 1.75 bits per heavy atom. The summed E-state index contributed by atoms with van der Waals surface area (Å²) in [4.78, 5) is 0. The highest BCUT2D eigenvalue weighted by atomic mass is 35.5. The molecule has 0 atom stereocenters. The summed E-state index contributed by atoms with van der Waals surface area (Å²) in [5.41, 5.74) is 7.94. The maximum absolute atomic E-state index is 6.00. The Kier molecular flexibility index (Phi) is 5.07. The fourth-order valence-electron chi connectivity index (χ4n) is 2.60. The first-order chi connectivity index (χ1) is 9.67. The van der Waals surface area contributed by atoms with Crippen LogP contribution >= 0.6 is 11.6 Å². The molecule has 20 heavy (non-hydrogen) atoms. The van der Waals surface area contributed by atoms with E-state index < -0.39 is 0 Å². The van der Waals surface area contributed by atoms with Crippen molar-refractivity contribution >= 4 is 17.4 Å². The lowest BCUT2D eigenvalue weighted by Crippen LogP contribution is -1.99. The highest BCUT2D eigenvalue weighted by molar-refractivity contribution is 6.30. The Morgan fingerprint density at radius 3 is 2.30 bits per heavy atom. The zero-order valence-electron chi connectivity index (χ0n) is 12.0. The normalized spacial score (nSPS) is 11.2. The van der Waals surface area contributed by atoms with Gasteiger partial charge in [0.1, 0.15) is 5.76 Å². The molecule has 0 aliphatic heterocycles. The van der Waals surface area contributed by atoms with E-state index in [0.717, 1.165) is 42.6 Å². The number of benzene rings is 1. The van der Waals surface area contributed by atoms with Gasteiger partial charge in [-0.05, 0) is 30.5 Å². The summed E-state index contributed by atoms with van der Waals surface area (Å²) >= 11 is 5.94. The van der Waals surface area contributed by atoms with Crippen molar-refractivity contribution in [3.05, 3.63) is 35.0 Å². The molecular weight excluding hydrogens is 272 g/mol. The van der Waals surface area contributed by atoms with Gasteiger partial charge in [-0.25, -0.2) is 0 Å². The van der Waals surface area contributed by atoms with E-state index in [1.165, 1.54) is 0 Å². The molecule has 1 heterocycles. The van der Waals surface area contributed by atoms with E-state index in [1.54, 1.807) is 0 Å². The minimum absolute atomic E-state index is 0.375. The lowest BCUT2D eigenvalue weighted by atomic mass is 9.91. The number of nitrogen functional groups attached to an aromatic ring is 1. The minimum Gasteiger partial charge on any atom is -0.380 e. The number of hydrogen-bond donors (Lipinski definition) is 1. The summed E-state index contributed by atoms with van der Waals surface area (Å²) in [7, 11) is 0. The van der Waals surface area contributed by atoms with Crippen LogP contribution < -0.4 is 5.73 Å². The maximum Gasteiger partial charge on any atom is 0.175 e. The minimum atomic E-state index is 0.375. The Balaban J connectivity index is 2.42. The second-order valence-electron chi connectivity index (χ2n) is 5.09. The fraction of sp³-hybridized carbons (Fsp3) is 0.438. The Morgan fingerprint density at radius 1 is 1.15 bits per heavy atom. The molecular formula is C16H21ClN2O. The first kappa shape index (κ1) is 14.9. The van der Waals surface area contributed by atoms with Crippen LogP contribution in [0.5, 0.6) is 0 Å². The molecule has 0 spiro atoms. The van der Waals surface area contributed by atoms with E-state index in [9.17, 15) is 0 Å². The van der Waals surface area contributed by atoms with Gasteiger partial charge in [0.2, 0.25) is 0 Å². The van der Waals surface area contributed by atoms with Crippen molar-refractivity contribution in [3.8, 4) is 11.1 Å². The molecule has 2 rings (SSSR count). The Labute approximate surface area is 125 Å². The summed E-state index contributed by atoms with van der Waals surface area (Å²) in [5.74, 6) is 1.74. The Bertz CT molecular complexity index is 542. The monoisotopic (exact) mass is 292 g/mol. The highest BCUT2D eigenvalue weighted by Gasteiger charge is 2.23. The van der Waals surface area contributed by atoms with E-state index in [-0.39, 0.29) is 0 Å². The molecule has 0 unspecified atom stereocenters. The molecule has 3 nitrogen and oxygen atoms in total. The van der Waals surface area contributed by atoms with Crippen LogP contribution in [0.15, 0.2) is 28.8 Å². The van der Waals surface area contributed by atoms with Gasteiger partial charge in [-0.1, -0.05) is 55.6 Å². The van der Waals surface area contributed by atoms with Crippen LogP contribution in [0.1, 0.15) is 51.2 Å². The highest BCUT2D eigenvalue weighted by Crippen LogP contribution is 2.38. The quantitative estimate of drug-likeness (QED) is 0.790. The summed E-state index contributed by atoms with van der Waals surface area (Å²) in [6.45, 7) is 4.37. The topological polar surface area (TPSA) is 52.0 Å². The van der Waals surface area contributed by atoms with E-state index in [2.05, 4.69) is 19.0 Å². The maximum atomic E-state index is 6.00. The molecule has 0 aliphatic rings. The zero-order valence-corrected chi connectivity index (χ0v) is 12.8. The molecule has 108 valence electrons. The van der Waals surface area contributed by atoms with Crippen molar-refractivity contribution in [1.29, 1.82) is 0 Å². The number of rotatable bonds is 6. The van der Waals surface area contributed by atoms with Gasteiger partial charge in [0.05, 0.1) is 5.56 Å². The number of anilines is 1.